The average Bonchev–Trinajstić information content (AvgIpc) is 3.17. The summed E-state index contributed by atoms with van der Waals surface area (Å²) < 4.78 is 40.7. The first-order chi connectivity index (χ1) is 14.9. The van der Waals surface area contributed by atoms with Crippen LogP contribution < -0.4 is 9.64 Å². The van der Waals surface area contributed by atoms with Crippen molar-refractivity contribution in [2.75, 3.05) is 50.9 Å². The molecule has 2 aromatic rings. The third-order valence-corrected chi connectivity index (χ3v) is 7.11. The molecule has 10 heteroatoms. The molecular formula is C21H25BrF2N4O3. The molecule has 4 heterocycles. The minimum Gasteiger partial charge on any atom is -0.461 e. The van der Waals surface area contributed by atoms with E-state index in [9.17, 15) is 13.9 Å². The SMILES string of the molecule is OC1COCCN(c2nc(OC[C@@]34CCCN3C[C@H](F)C4)nc3c(F)c(Br)ccc23)C1. The monoisotopic (exact) mass is 498 g/mol. The summed E-state index contributed by atoms with van der Waals surface area (Å²) >= 11 is 3.22. The molecule has 0 spiro atoms. The number of β-amino-alcohol motifs (C(OH)–C–C–N with tert-alkyl or cyclic N) is 1. The van der Waals surface area contributed by atoms with E-state index in [0.717, 1.165) is 19.4 Å². The molecule has 3 fully saturated rings. The van der Waals surface area contributed by atoms with Crippen molar-refractivity contribution >= 4 is 32.7 Å². The van der Waals surface area contributed by atoms with E-state index < -0.39 is 18.1 Å². The van der Waals surface area contributed by atoms with E-state index in [4.69, 9.17) is 9.47 Å². The highest BCUT2D eigenvalue weighted by Gasteiger charge is 2.49. The standard InChI is InChI=1S/C21H25BrF2N4O3/c22-16-3-2-15-18(17(16)24)25-20(26-19(15)27-6-7-30-11-14(29)10-27)31-12-21-4-1-5-28(21)9-13(23)8-21/h2-3,13-14,29H,1,4-12H2/t13-,14?,21+/m1/s1. The number of anilines is 1. The van der Waals surface area contributed by atoms with Gasteiger partial charge in [-0.15, -0.1) is 0 Å². The lowest BCUT2D eigenvalue weighted by atomic mass is 9.95. The number of aromatic nitrogens is 2. The first-order valence-corrected chi connectivity index (χ1v) is 11.4. The number of aliphatic hydroxyl groups is 1. The predicted octanol–water partition coefficient (Wildman–Crippen LogP) is 2.68. The molecule has 168 valence electrons. The van der Waals surface area contributed by atoms with Crippen molar-refractivity contribution < 1.29 is 23.4 Å². The summed E-state index contributed by atoms with van der Waals surface area (Å²) in [6.45, 7) is 3.03. The number of alkyl halides is 1. The van der Waals surface area contributed by atoms with E-state index in [1.165, 1.54) is 0 Å². The van der Waals surface area contributed by atoms with Crippen LogP contribution in [-0.4, -0.2) is 83.8 Å². The fraction of sp³-hybridized carbons (Fsp3) is 0.619. The lowest BCUT2D eigenvalue weighted by Crippen LogP contribution is -2.43. The Kier molecular flexibility index (Phi) is 5.74. The maximum absolute atomic E-state index is 14.9. The van der Waals surface area contributed by atoms with Gasteiger partial charge in [-0.2, -0.15) is 9.97 Å². The van der Waals surface area contributed by atoms with Crippen LogP contribution in [0.4, 0.5) is 14.6 Å². The number of halogens is 3. The molecule has 5 rings (SSSR count). The number of rotatable bonds is 4. The highest BCUT2D eigenvalue weighted by Crippen LogP contribution is 2.40. The molecule has 0 radical (unpaired) electrons. The van der Waals surface area contributed by atoms with Crippen LogP contribution in [0, 0.1) is 5.82 Å². The number of nitrogens with zero attached hydrogens (tertiary/aromatic N) is 4. The molecule has 1 unspecified atom stereocenters. The van der Waals surface area contributed by atoms with Crippen molar-refractivity contribution in [3.63, 3.8) is 0 Å². The van der Waals surface area contributed by atoms with Crippen LogP contribution >= 0.6 is 15.9 Å². The van der Waals surface area contributed by atoms with Crippen molar-refractivity contribution in [3.05, 3.63) is 22.4 Å². The van der Waals surface area contributed by atoms with Crippen molar-refractivity contribution in [1.82, 2.24) is 14.9 Å². The molecule has 31 heavy (non-hydrogen) atoms. The number of fused-ring (bicyclic) bond motifs is 2. The zero-order valence-corrected chi connectivity index (χ0v) is 18.7. The fourth-order valence-corrected chi connectivity index (χ4v) is 5.36. The van der Waals surface area contributed by atoms with Gasteiger partial charge in [0.1, 0.15) is 24.1 Å². The molecule has 0 bridgehead atoms. The summed E-state index contributed by atoms with van der Waals surface area (Å²) in [5.41, 5.74) is -0.204. The molecule has 3 aliphatic heterocycles. The quantitative estimate of drug-likeness (QED) is 0.694. The Morgan fingerprint density at radius 2 is 2.16 bits per heavy atom. The molecule has 1 aromatic heterocycles. The van der Waals surface area contributed by atoms with Crippen molar-refractivity contribution in [3.8, 4) is 6.01 Å². The summed E-state index contributed by atoms with van der Waals surface area (Å²) in [6.07, 6.45) is 0.770. The van der Waals surface area contributed by atoms with Crippen LogP contribution in [0.25, 0.3) is 10.9 Å². The smallest absolute Gasteiger partial charge is 0.319 e. The third-order valence-electron chi connectivity index (χ3n) is 6.50. The lowest BCUT2D eigenvalue weighted by Gasteiger charge is -2.31. The van der Waals surface area contributed by atoms with E-state index in [1.807, 2.05) is 4.90 Å². The molecule has 0 amide bonds. The molecule has 0 aliphatic carbocycles. The van der Waals surface area contributed by atoms with Gasteiger partial charge in [-0.05, 0) is 47.4 Å². The maximum Gasteiger partial charge on any atom is 0.319 e. The van der Waals surface area contributed by atoms with Gasteiger partial charge in [-0.1, -0.05) is 0 Å². The topological polar surface area (TPSA) is 71.0 Å². The zero-order valence-electron chi connectivity index (χ0n) is 17.1. The van der Waals surface area contributed by atoms with E-state index >= 15 is 0 Å². The Morgan fingerprint density at radius 1 is 1.29 bits per heavy atom. The minimum absolute atomic E-state index is 0.0580. The fourth-order valence-electron chi connectivity index (χ4n) is 5.04. The van der Waals surface area contributed by atoms with Gasteiger partial charge >= 0.3 is 6.01 Å². The van der Waals surface area contributed by atoms with Gasteiger partial charge in [0.05, 0.1) is 29.3 Å². The van der Waals surface area contributed by atoms with Crippen LogP contribution in [-0.2, 0) is 4.74 Å². The van der Waals surface area contributed by atoms with Crippen molar-refractivity contribution in [2.24, 2.45) is 0 Å². The summed E-state index contributed by atoms with van der Waals surface area (Å²) in [5, 5.41) is 10.7. The van der Waals surface area contributed by atoms with Crippen LogP contribution in [0.1, 0.15) is 19.3 Å². The van der Waals surface area contributed by atoms with Crippen LogP contribution in [0.5, 0.6) is 6.01 Å². The van der Waals surface area contributed by atoms with Crippen LogP contribution in [0.3, 0.4) is 0 Å². The number of hydrogen-bond donors (Lipinski definition) is 1. The predicted molar refractivity (Wildman–Crippen MR) is 115 cm³/mol. The van der Waals surface area contributed by atoms with Gasteiger partial charge in [0.15, 0.2) is 5.82 Å². The molecule has 1 aromatic carbocycles. The van der Waals surface area contributed by atoms with Gasteiger partial charge in [0.25, 0.3) is 0 Å². The highest BCUT2D eigenvalue weighted by atomic mass is 79.9. The number of aliphatic hydroxyl groups excluding tert-OH is 1. The van der Waals surface area contributed by atoms with E-state index in [1.54, 1.807) is 12.1 Å². The van der Waals surface area contributed by atoms with E-state index in [2.05, 4.69) is 30.8 Å². The largest absolute Gasteiger partial charge is 0.461 e. The summed E-state index contributed by atoms with van der Waals surface area (Å²) in [6, 6.07) is 3.43. The Balaban J connectivity index is 1.50. The Morgan fingerprint density at radius 3 is 3.03 bits per heavy atom. The van der Waals surface area contributed by atoms with Crippen molar-refractivity contribution in [2.45, 2.75) is 37.1 Å². The average molecular weight is 499 g/mol. The first kappa shape index (κ1) is 21.2. The molecular weight excluding hydrogens is 474 g/mol. The number of ether oxygens (including phenoxy) is 2. The van der Waals surface area contributed by atoms with Gasteiger partial charge in [0.2, 0.25) is 0 Å². The van der Waals surface area contributed by atoms with Gasteiger partial charge in [-0.25, -0.2) is 8.78 Å². The van der Waals surface area contributed by atoms with Gasteiger partial charge in [0, 0.05) is 31.4 Å². The molecule has 3 aliphatic rings. The summed E-state index contributed by atoms with van der Waals surface area (Å²) in [5.74, 6) is -0.00511. The van der Waals surface area contributed by atoms with E-state index in [0.29, 0.717) is 48.3 Å². The summed E-state index contributed by atoms with van der Waals surface area (Å²) in [7, 11) is 0. The molecule has 3 atom stereocenters. The Bertz CT molecular complexity index is 983. The second kappa shape index (κ2) is 8.38. The van der Waals surface area contributed by atoms with Gasteiger partial charge in [-0.3, -0.25) is 4.90 Å². The second-order valence-corrected chi connectivity index (χ2v) is 9.48. The number of hydrogen-bond acceptors (Lipinski definition) is 7. The second-order valence-electron chi connectivity index (χ2n) is 8.63. The molecule has 0 saturated carbocycles. The Labute approximate surface area is 187 Å². The minimum atomic E-state index is -0.857. The zero-order chi connectivity index (χ0) is 21.6. The van der Waals surface area contributed by atoms with E-state index in [-0.39, 0.29) is 30.3 Å². The third kappa shape index (κ3) is 3.99. The molecule has 1 N–H and O–H groups in total. The van der Waals surface area contributed by atoms with Crippen molar-refractivity contribution in [1.29, 1.82) is 0 Å². The van der Waals surface area contributed by atoms with Crippen LogP contribution in [0.15, 0.2) is 16.6 Å². The number of benzene rings is 1. The van der Waals surface area contributed by atoms with Crippen LogP contribution in [0.2, 0.25) is 0 Å². The van der Waals surface area contributed by atoms with Gasteiger partial charge < -0.3 is 19.5 Å². The normalized spacial score (nSPS) is 29.4. The maximum atomic E-state index is 14.9. The Hall–Kier alpha value is -1.62. The molecule has 7 nitrogen and oxygen atoms in total. The first-order valence-electron chi connectivity index (χ1n) is 10.6. The molecule has 3 saturated heterocycles. The highest BCUT2D eigenvalue weighted by molar-refractivity contribution is 9.10. The lowest BCUT2D eigenvalue weighted by molar-refractivity contribution is 0.0597. The summed E-state index contributed by atoms with van der Waals surface area (Å²) in [4.78, 5) is 13.0.